The Kier molecular flexibility index (Phi) is 3.11. The van der Waals surface area contributed by atoms with Crippen LogP contribution >= 0.6 is 11.3 Å². The van der Waals surface area contributed by atoms with Crippen LogP contribution in [-0.4, -0.2) is 30.6 Å². The second-order valence-electron chi connectivity index (χ2n) is 4.18. The molecule has 3 rings (SSSR count). The molecule has 20 heavy (non-hydrogen) atoms. The van der Waals surface area contributed by atoms with Crippen LogP contribution in [0.1, 0.15) is 0 Å². The van der Waals surface area contributed by atoms with Crippen LogP contribution in [0.4, 0.5) is 9.93 Å². The van der Waals surface area contributed by atoms with E-state index in [1.807, 2.05) is 29.6 Å². The number of carbonyl (C=O) groups is 2. The van der Waals surface area contributed by atoms with Crippen LogP contribution in [-0.2, 0) is 4.79 Å². The zero-order chi connectivity index (χ0) is 14.1. The maximum Gasteiger partial charge on any atom is 0.330 e. The van der Waals surface area contributed by atoms with Crippen molar-refractivity contribution in [3.8, 4) is 17.0 Å². The highest BCUT2D eigenvalue weighted by molar-refractivity contribution is 7.14. The van der Waals surface area contributed by atoms with Crippen LogP contribution < -0.4 is 15.0 Å². The lowest BCUT2D eigenvalue weighted by atomic mass is 10.2. The summed E-state index contributed by atoms with van der Waals surface area (Å²) in [4.78, 5) is 28.5. The van der Waals surface area contributed by atoms with Gasteiger partial charge in [-0.15, -0.1) is 11.3 Å². The molecule has 0 atom stereocenters. The smallest absolute Gasteiger partial charge is 0.330 e. The third kappa shape index (κ3) is 2.23. The number of urea groups is 1. The summed E-state index contributed by atoms with van der Waals surface area (Å²) in [7, 11) is 1.61. The van der Waals surface area contributed by atoms with Gasteiger partial charge >= 0.3 is 6.03 Å². The fraction of sp³-hybridized carbons (Fsp3) is 0.154. The van der Waals surface area contributed by atoms with Crippen LogP contribution in [0.2, 0.25) is 0 Å². The van der Waals surface area contributed by atoms with E-state index in [4.69, 9.17) is 4.74 Å². The van der Waals surface area contributed by atoms with E-state index in [0.29, 0.717) is 5.13 Å². The van der Waals surface area contributed by atoms with Gasteiger partial charge in [0.2, 0.25) is 5.91 Å². The van der Waals surface area contributed by atoms with Crippen molar-refractivity contribution in [2.75, 3.05) is 18.6 Å². The van der Waals surface area contributed by atoms with E-state index in [1.165, 1.54) is 16.2 Å². The first kappa shape index (κ1) is 12.6. The van der Waals surface area contributed by atoms with Crippen LogP contribution in [0, 0.1) is 0 Å². The van der Waals surface area contributed by atoms with Gasteiger partial charge in [0.25, 0.3) is 0 Å². The van der Waals surface area contributed by atoms with Crippen LogP contribution in [0.15, 0.2) is 29.6 Å². The van der Waals surface area contributed by atoms with Gasteiger partial charge in [0.1, 0.15) is 12.3 Å². The Bertz CT molecular complexity index is 666. The Hall–Kier alpha value is -2.41. The number of imide groups is 1. The van der Waals surface area contributed by atoms with Gasteiger partial charge in [-0.3, -0.25) is 15.0 Å². The topological polar surface area (TPSA) is 71.5 Å². The molecule has 102 valence electrons. The van der Waals surface area contributed by atoms with Crippen LogP contribution in [0.25, 0.3) is 11.3 Å². The zero-order valence-electron chi connectivity index (χ0n) is 10.6. The lowest BCUT2D eigenvalue weighted by molar-refractivity contribution is -0.117. The molecule has 1 aliphatic heterocycles. The summed E-state index contributed by atoms with van der Waals surface area (Å²) >= 11 is 1.33. The second kappa shape index (κ2) is 4.93. The molecule has 0 saturated carbocycles. The molecule has 7 heteroatoms. The van der Waals surface area contributed by atoms with E-state index in [2.05, 4.69) is 10.3 Å². The molecule has 2 heterocycles. The minimum Gasteiger partial charge on any atom is -0.497 e. The van der Waals surface area contributed by atoms with Crippen LogP contribution in [0.5, 0.6) is 5.75 Å². The predicted octanol–water partition coefficient (Wildman–Crippen LogP) is 1.87. The molecule has 3 amide bonds. The van der Waals surface area contributed by atoms with Gasteiger partial charge in [-0.25, -0.2) is 9.78 Å². The summed E-state index contributed by atoms with van der Waals surface area (Å²) < 4.78 is 5.10. The Labute approximate surface area is 119 Å². The quantitative estimate of drug-likeness (QED) is 0.876. The number of thiazole rings is 1. The second-order valence-corrected chi connectivity index (χ2v) is 5.02. The number of nitrogens with zero attached hydrogens (tertiary/aromatic N) is 2. The molecule has 1 aromatic carbocycles. The molecule has 1 N–H and O–H groups in total. The standard InChI is InChI=1S/C13H11N3O3S/c1-19-9-4-2-8(3-5-9)10-7-20-13(14-10)16-6-11(17)15-12(16)18/h2-5,7H,6H2,1H3,(H,15,17,18). The number of nitrogens with one attached hydrogen (secondary N) is 1. The van der Waals surface area contributed by atoms with Crippen molar-refractivity contribution >= 4 is 28.4 Å². The highest BCUT2D eigenvalue weighted by atomic mass is 32.1. The summed E-state index contributed by atoms with van der Waals surface area (Å²) in [5, 5.41) is 4.60. The van der Waals surface area contributed by atoms with Crippen LogP contribution in [0.3, 0.4) is 0 Å². The number of amides is 3. The molecule has 0 bridgehead atoms. The summed E-state index contributed by atoms with van der Waals surface area (Å²) in [6, 6.07) is 7.06. The fourth-order valence-corrected chi connectivity index (χ4v) is 2.71. The number of aromatic nitrogens is 1. The number of methoxy groups -OCH3 is 1. The molecule has 1 aliphatic rings. The van der Waals surface area contributed by atoms with Crippen molar-refractivity contribution in [2.45, 2.75) is 0 Å². The van der Waals surface area contributed by atoms with E-state index >= 15 is 0 Å². The number of hydrogen-bond donors (Lipinski definition) is 1. The van der Waals surface area contributed by atoms with Crippen molar-refractivity contribution in [3.05, 3.63) is 29.6 Å². The minimum absolute atomic E-state index is 0.0222. The first-order valence-electron chi connectivity index (χ1n) is 5.88. The van der Waals surface area contributed by atoms with Crippen molar-refractivity contribution < 1.29 is 14.3 Å². The molecular weight excluding hydrogens is 278 g/mol. The highest BCUT2D eigenvalue weighted by Crippen LogP contribution is 2.29. The first-order chi connectivity index (χ1) is 9.67. The van der Waals surface area contributed by atoms with Gasteiger partial charge in [-0.05, 0) is 24.3 Å². The molecule has 0 radical (unpaired) electrons. The largest absolute Gasteiger partial charge is 0.497 e. The van der Waals surface area contributed by atoms with Gasteiger partial charge in [-0.2, -0.15) is 0 Å². The number of carbonyl (C=O) groups excluding carboxylic acids is 2. The third-order valence-electron chi connectivity index (χ3n) is 2.90. The minimum atomic E-state index is -0.425. The van der Waals surface area contributed by atoms with E-state index in [1.54, 1.807) is 7.11 Å². The number of rotatable bonds is 3. The van der Waals surface area contributed by atoms with Crippen molar-refractivity contribution in [1.29, 1.82) is 0 Å². The monoisotopic (exact) mass is 289 g/mol. The lowest BCUT2D eigenvalue weighted by Crippen LogP contribution is -2.27. The Morgan fingerprint density at radius 1 is 1.30 bits per heavy atom. The van der Waals surface area contributed by atoms with Crippen molar-refractivity contribution in [3.63, 3.8) is 0 Å². The van der Waals surface area contributed by atoms with E-state index in [0.717, 1.165) is 17.0 Å². The van der Waals surface area contributed by atoms with Crippen molar-refractivity contribution in [1.82, 2.24) is 10.3 Å². The normalized spacial score (nSPS) is 14.6. The first-order valence-corrected chi connectivity index (χ1v) is 6.76. The van der Waals surface area contributed by atoms with Gasteiger partial charge < -0.3 is 4.74 Å². The summed E-state index contributed by atoms with van der Waals surface area (Å²) in [6.07, 6.45) is 0. The highest BCUT2D eigenvalue weighted by Gasteiger charge is 2.30. The number of hydrogen-bond acceptors (Lipinski definition) is 5. The molecule has 0 spiro atoms. The maximum atomic E-state index is 11.6. The SMILES string of the molecule is COc1ccc(-c2csc(N3CC(=O)NC3=O)n2)cc1. The Morgan fingerprint density at radius 2 is 2.05 bits per heavy atom. The van der Waals surface area contributed by atoms with E-state index < -0.39 is 6.03 Å². The van der Waals surface area contributed by atoms with Gasteiger partial charge in [0, 0.05) is 10.9 Å². The van der Waals surface area contributed by atoms with Crippen molar-refractivity contribution in [2.24, 2.45) is 0 Å². The number of anilines is 1. The predicted molar refractivity (Wildman–Crippen MR) is 75.0 cm³/mol. The van der Waals surface area contributed by atoms with E-state index in [-0.39, 0.29) is 12.5 Å². The molecule has 0 unspecified atom stereocenters. The summed E-state index contributed by atoms with van der Waals surface area (Å²) in [6.45, 7) is 0.0222. The average Bonchev–Trinajstić information content (AvgIpc) is 3.05. The molecular formula is C13H11N3O3S. The van der Waals surface area contributed by atoms with E-state index in [9.17, 15) is 9.59 Å². The Balaban J connectivity index is 1.86. The number of ether oxygens (including phenoxy) is 1. The summed E-state index contributed by atoms with van der Waals surface area (Å²) in [5.41, 5.74) is 1.69. The van der Waals surface area contributed by atoms with Gasteiger partial charge in [0.15, 0.2) is 5.13 Å². The molecule has 0 aliphatic carbocycles. The molecule has 2 aromatic rings. The average molecular weight is 289 g/mol. The summed E-state index contributed by atoms with van der Waals surface area (Å²) in [5.74, 6) is 0.463. The Morgan fingerprint density at radius 3 is 2.65 bits per heavy atom. The third-order valence-corrected chi connectivity index (χ3v) is 3.77. The lowest BCUT2D eigenvalue weighted by Gasteiger charge is -2.07. The fourth-order valence-electron chi connectivity index (χ4n) is 1.88. The van der Waals surface area contributed by atoms with Gasteiger partial charge in [-0.1, -0.05) is 0 Å². The molecule has 1 saturated heterocycles. The number of benzene rings is 1. The zero-order valence-corrected chi connectivity index (χ0v) is 11.4. The van der Waals surface area contributed by atoms with Gasteiger partial charge in [0.05, 0.1) is 12.8 Å². The molecule has 1 aromatic heterocycles. The molecule has 6 nitrogen and oxygen atoms in total. The maximum absolute atomic E-state index is 11.6. The molecule has 1 fully saturated rings.